The maximum Gasteiger partial charge on any atom is 0.232 e. The van der Waals surface area contributed by atoms with Gasteiger partial charge in [0.25, 0.3) is 0 Å². The maximum atomic E-state index is 12.2. The van der Waals surface area contributed by atoms with E-state index in [-0.39, 0.29) is 18.2 Å². The van der Waals surface area contributed by atoms with Gasteiger partial charge in [-0.3, -0.25) is 0 Å². The molecule has 0 aliphatic heterocycles. The number of allylic oxidation sites excluding steroid dienone is 1. The van der Waals surface area contributed by atoms with Crippen molar-refractivity contribution in [2.75, 3.05) is 12.8 Å². The third kappa shape index (κ3) is 3.39. The van der Waals surface area contributed by atoms with Gasteiger partial charge < -0.3 is 16.2 Å². The van der Waals surface area contributed by atoms with E-state index >= 15 is 0 Å². The van der Waals surface area contributed by atoms with Gasteiger partial charge in [-0.2, -0.15) is 0 Å². The molecule has 0 fully saturated rings. The van der Waals surface area contributed by atoms with Crippen LogP contribution >= 0.6 is 12.3 Å². The molecule has 0 radical (unpaired) electrons. The summed E-state index contributed by atoms with van der Waals surface area (Å²) in [5.41, 5.74) is 13.8. The summed E-state index contributed by atoms with van der Waals surface area (Å²) in [7, 11) is 1.41. The number of benzene rings is 1. The third-order valence-corrected chi connectivity index (χ3v) is 2.35. The van der Waals surface area contributed by atoms with Gasteiger partial charge in [0.15, 0.2) is 12.3 Å². The number of nitrogens with two attached hydrogens (primary N) is 2. The van der Waals surface area contributed by atoms with Crippen LogP contribution in [0.3, 0.4) is 0 Å². The van der Waals surface area contributed by atoms with Crippen molar-refractivity contribution >= 4 is 29.5 Å². The van der Waals surface area contributed by atoms with E-state index in [0.717, 1.165) is 5.56 Å². The number of rotatable bonds is 3. The second kappa shape index (κ2) is 6.15. The van der Waals surface area contributed by atoms with Gasteiger partial charge in [-0.1, -0.05) is 12.1 Å². The number of ether oxygens (including phenoxy) is 1. The van der Waals surface area contributed by atoms with Gasteiger partial charge in [0.05, 0.1) is 12.7 Å². The lowest BCUT2D eigenvalue weighted by molar-refractivity contribution is 0.410. The second-order valence-corrected chi connectivity index (χ2v) is 3.67. The molecule has 0 unspecified atom stereocenters. The van der Waals surface area contributed by atoms with Crippen molar-refractivity contribution in [2.45, 2.75) is 6.92 Å². The van der Waals surface area contributed by atoms with Crippen LogP contribution in [0.5, 0.6) is 0 Å². The minimum absolute atomic E-state index is 0.141. The quantitative estimate of drug-likeness (QED) is 0.377. The molecule has 0 saturated carbocycles. The first-order chi connectivity index (χ1) is 8.10. The molecule has 0 spiro atoms. The first-order valence-electron chi connectivity index (χ1n) is 4.82. The van der Waals surface area contributed by atoms with Crippen LogP contribution in [-0.4, -0.2) is 13.0 Å². The van der Waals surface area contributed by atoms with E-state index in [0.29, 0.717) is 17.0 Å². The van der Waals surface area contributed by atoms with Gasteiger partial charge >= 0.3 is 0 Å². The van der Waals surface area contributed by atoms with Crippen LogP contribution in [0, 0.1) is 0 Å². The van der Waals surface area contributed by atoms with Crippen molar-refractivity contribution < 1.29 is 8.62 Å². The number of hydrogen-bond acceptors (Lipinski definition) is 5. The topological polar surface area (TPSA) is 73.6 Å². The Bertz CT molecular complexity index is 439. The predicted octanol–water partition coefficient (Wildman–Crippen LogP) is 2.54. The zero-order valence-electron chi connectivity index (χ0n) is 9.61. The van der Waals surface area contributed by atoms with E-state index in [1.807, 2.05) is 0 Å². The zero-order valence-corrected chi connectivity index (χ0v) is 10.4. The molecule has 17 heavy (non-hydrogen) atoms. The number of anilines is 1. The van der Waals surface area contributed by atoms with Crippen molar-refractivity contribution in [2.24, 2.45) is 10.1 Å². The van der Waals surface area contributed by atoms with Crippen molar-refractivity contribution in [1.29, 1.82) is 0 Å². The predicted molar refractivity (Wildman–Crippen MR) is 70.8 cm³/mol. The molecule has 0 atom stereocenters. The van der Waals surface area contributed by atoms with E-state index in [1.54, 1.807) is 31.2 Å². The van der Waals surface area contributed by atoms with Crippen molar-refractivity contribution in [3.8, 4) is 0 Å². The van der Waals surface area contributed by atoms with Gasteiger partial charge in [-0.25, -0.2) is 0 Å². The van der Waals surface area contributed by atoms with Crippen LogP contribution in [0.25, 0.3) is 5.57 Å². The second-order valence-electron chi connectivity index (χ2n) is 3.35. The molecule has 1 rings (SSSR count). The fourth-order valence-electron chi connectivity index (χ4n) is 1.39. The molecule has 0 saturated heterocycles. The highest BCUT2D eigenvalue weighted by Gasteiger charge is 2.13. The Hall–Kier alpha value is -1.69. The minimum Gasteiger partial charge on any atom is -0.480 e. The van der Waals surface area contributed by atoms with Gasteiger partial charge in [-0.15, -0.1) is 8.28 Å². The molecular weight excluding hydrogens is 241 g/mol. The third-order valence-electron chi connectivity index (χ3n) is 2.12. The molecule has 4 nitrogen and oxygen atoms in total. The van der Waals surface area contributed by atoms with Crippen LogP contribution in [0.1, 0.15) is 12.5 Å². The molecule has 0 heterocycles. The van der Waals surface area contributed by atoms with Gasteiger partial charge in [0.2, 0.25) is 5.90 Å². The van der Waals surface area contributed by atoms with E-state index in [2.05, 4.69) is 4.40 Å². The molecule has 6 heteroatoms. The Balaban J connectivity index is 3.24. The Morgan fingerprint density at radius 2 is 1.94 bits per heavy atom. The van der Waals surface area contributed by atoms with E-state index in [1.165, 1.54) is 7.11 Å². The van der Waals surface area contributed by atoms with Crippen LogP contribution in [-0.2, 0) is 4.74 Å². The summed E-state index contributed by atoms with van der Waals surface area (Å²) in [6.45, 7) is 1.70. The number of nitrogens with zero attached hydrogens (tertiary/aromatic N) is 1. The molecule has 0 aromatic heterocycles. The summed E-state index contributed by atoms with van der Waals surface area (Å²) in [4.78, 5) is 0. The van der Waals surface area contributed by atoms with Gasteiger partial charge in [0, 0.05) is 11.4 Å². The maximum absolute atomic E-state index is 12.2. The van der Waals surface area contributed by atoms with Crippen LogP contribution < -0.4 is 11.5 Å². The molecule has 0 amide bonds. The number of methoxy groups -OCH3 is 1. The van der Waals surface area contributed by atoms with E-state index in [9.17, 15) is 3.89 Å². The minimum atomic E-state index is -0.174. The Kier molecular flexibility index (Phi) is 4.84. The molecular formula is C11H14FN3OS. The first kappa shape index (κ1) is 13.4. The van der Waals surface area contributed by atoms with Crippen LogP contribution in [0.4, 0.5) is 9.57 Å². The highest BCUT2D eigenvalue weighted by Crippen LogP contribution is 2.22. The average Bonchev–Trinajstić information content (AvgIpc) is 2.30. The largest absolute Gasteiger partial charge is 0.480 e. The molecule has 1 aromatic rings. The zero-order chi connectivity index (χ0) is 12.8. The number of nitrogen functional groups attached to an aromatic ring is 1. The normalized spacial score (nSPS) is 13.2. The summed E-state index contributed by atoms with van der Waals surface area (Å²) < 4.78 is 20.8. The Morgan fingerprint density at radius 1 is 1.35 bits per heavy atom. The van der Waals surface area contributed by atoms with Crippen molar-refractivity contribution in [3.63, 3.8) is 0 Å². The fraction of sp³-hybridized carbons (Fsp3) is 0.182. The number of hydrogen-bond donors (Lipinski definition) is 2. The van der Waals surface area contributed by atoms with E-state index in [4.69, 9.17) is 16.2 Å². The summed E-state index contributed by atoms with van der Waals surface area (Å²) in [6, 6.07) is 7.01. The van der Waals surface area contributed by atoms with Crippen LogP contribution in [0.2, 0.25) is 0 Å². The van der Waals surface area contributed by atoms with Gasteiger partial charge in [0.1, 0.15) is 0 Å². The first-order valence-corrected chi connectivity index (χ1v) is 5.50. The monoisotopic (exact) mass is 255 g/mol. The highest BCUT2D eigenvalue weighted by atomic mass is 32.2. The fourth-order valence-corrected chi connectivity index (χ4v) is 1.61. The highest BCUT2D eigenvalue weighted by molar-refractivity contribution is 7.93. The SMILES string of the molecule is COC(=N\SF)/C(=C(/C)N)c1ccc(N)cc1. The van der Waals surface area contributed by atoms with E-state index < -0.39 is 0 Å². The smallest absolute Gasteiger partial charge is 0.232 e. The molecule has 0 aliphatic carbocycles. The lowest BCUT2D eigenvalue weighted by Gasteiger charge is -2.11. The number of halogens is 1. The molecule has 92 valence electrons. The van der Waals surface area contributed by atoms with Crippen molar-refractivity contribution in [3.05, 3.63) is 35.5 Å². The lowest BCUT2D eigenvalue weighted by atomic mass is 10.0. The lowest BCUT2D eigenvalue weighted by Crippen LogP contribution is -2.10. The summed E-state index contributed by atoms with van der Waals surface area (Å²) in [5, 5.41) is 0. The van der Waals surface area contributed by atoms with Crippen molar-refractivity contribution in [1.82, 2.24) is 0 Å². The average molecular weight is 255 g/mol. The molecule has 4 N–H and O–H groups in total. The summed E-state index contributed by atoms with van der Waals surface area (Å²) >= 11 is -0.174. The summed E-state index contributed by atoms with van der Waals surface area (Å²) in [6.07, 6.45) is 0. The van der Waals surface area contributed by atoms with Gasteiger partial charge in [-0.05, 0) is 24.6 Å². The molecule has 0 aliphatic rings. The molecule has 1 aromatic carbocycles. The Morgan fingerprint density at radius 3 is 2.35 bits per heavy atom. The Labute approximate surface area is 104 Å². The summed E-state index contributed by atoms with van der Waals surface area (Å²) in [5.74, 6) is 0.141. The molecule has 0 bridgehead atoms. The van der Waals surface area contributed by atoms with Crippen LogP contribution in [0.15, 0.2) is 34.4 Å². The standard InChI is InChI=1S/C11H14FN3OS/c1-7(13)10(11(16-2)15-17-12)8-3-5-9(14)6-4-8/h3-6H,13-14H2,1-2H3/b10-7-,15-11-.